The largest absolute Gasteiger partial charge is 0.393 e. The number of nitrogens with one attached hydrogen (secondary N) is 2. The number of thiazole rings is 1. The zero-order valence-corrected chi connectivity index (χ0v) is 15.5. The van der Waals surface area contributed by atoms with Crippen molar-refractivity contribution in [1.82, 2.24) is 15.0 Å². The zero-order valence-electron chi connectivity index (χ0n) is 13.2. The van der Waals surface area contributed by atoms with Crippen molar-refractivity contribution in [2.24, 2.45) is 0 Å². The summed E-state index contributed by atoms with van der Waals surface area (Å²) in [5.74, 6) is 0.914. The summed E-state index contributed by atoms with van der Waals surface area (Å²) in [7, 11) is 0. The first-order chi connectivity index (χ1) is 12.6. The molecule has 9 heteroatoms. The van der Waals surface area contributed by atoms with Crippen LogP contribution in [-0.2, 0) is 0 Å². The number of para-hydroxylation sites is 1. The predicted octanol–water partition coefficient (Wildman–Crippen LogP) is 5.46. The van der Waals surface area contributed by atoms with E-state index in [0.717, 1.165) is 10.2 Å². The molecule has 0 amide bonds. The van der Waals surface area contributed by atoms with Gasteiger partial charge in [0.1, 0.15) is 12.0 Å². The summed E-state index contributed by atoms with van der Waals surface area (Å²) in [6.07, 6.45) is 1.42. The van der Waals surface area contributed by atoms with E-state index in [1.165, 1.54) is 17.7 Å². The molecule has 6 nitrogen and oxygen atoms in total. The maximum atomic E-state index is 6.21. The number of aromatic nitrogens is 3. The minimum atomic E-state index is 0.364. The van der Waals surface area contributed by atoms with Crippen molar-refractivity contribution in [2.75, 3.05) is 16.4 Å². The molecule has 0 saturated carbocycles. The molecule has 0 fully saturated rings. The van der Waals surface area contributed by atoms with Gasteiger partial charge in [-0.25, -0.2) is 15.0 Å². The van der Waals surface area contributed by atoms with Crippen molar-refractivity contribution in [2.45, 2.75) is 0 Å². The van der Waals surface area contributed by atoms with Gasteiger partial charge in [-0.15, -0.1) is 0 Å². The molecule has 130 valence electrons. The number of anilines is 5. The normalized spacial score (nSPS) is 10.8. The number of nitrogen functional groups attached to an aromatic ring is 1. The Kier molecular flexibility index (Phi) is 4.50. The van der Waals surface area contributed by atoms with Gasteiger partial charge in [0.05, 0.1) is 10.2 Å². The van der Waals surface area contributed by atoms with Gasteiger partial charge in [-0.1, -0.05) is 46.7 Å². The third-order valence-electron chi connectivity index (χ3n) is 3.53. The van der Waals surface area contributed by atoms with Gasteiger partial charge in [0, 0.05) is 15.7 Å². The lowest BCUT2D eigenvalue weighted by molar-refractivity contribution is 1.17. The van der Waals surface area contributed by atoms with Crippen molar-refractivity contribution in [3.8, 4) is 0 Å². The monoisotopic (exact) mass is 402 g/mol. The van der Waals surface area contributed by atoms with Gasteiger partial charge >= 0.3 is 0 Å². The molecule has 2 heterocycles. The van der Waals surface area contributed by atoms with Crippen LogP contribution in [-0.4, -0.2) is 15.0 Å². The summed E-state index contributed by atoms with van der Waals surface area (Å²) < 4.78 is 1.08. The zero-order chi connectivity index (χ0) is 18.1. The lowest BCUT2D eigenvalue weighted by atomic mass is 10.3. The summed E-state index contributed by atoms with van der Waals surface area (Å²) in [5.41, 5.74) is 8.17. The smallest absolute Gasteiger partial charge is 0.189 e. The molecule has 0 atom stereocenters. The molecule has 2 aromatic heterocycles. The molecular weight excluding hydrogens is 391 g/mol. The molecule has 26 heavy (non-hydrogen) atoms. The molecule has 4 aromatic rings. The van der Waals surface area contributed by atoms with E-state index in [1.807, 2.05) is 24.3 Å². The van der Waals surface area contributed by atoms with Gasteiger partial charge in [0.15, 0.2) is 16.8 Å². The van der Waals surface area contributed by atoms with Crippen molar-refractivity contribution < 1.29 is 0 Å². The first-order valence-electron chi connectivity index (χ1n) is 7.55. The third kappa shape index (κ3) is 3.50. The highest BCUT2D eigenvalue weighted by Gasteiger charge is 2.11. The predicted molar refractivity (Wildman–Crippen MR) is 109 cm³/mol. The Morgan fingerprint density at radius 1 is 0.923 bits per heavy atom. The van der Waals surface area contributed by atoms with Crippen LogP contribution in [0.1, 0.15) is 0 Å². The topological polar surface area (TPSA) is 88.8 Å². The highest BCUT2D eigenvalue weighted by molar-refractivity contribution is 7.22. The molecule has 0 aliphatic carbocycles. The minimum absolute atomic E-state index is 0.364. The maximum absolute atomic E-state index is 6.21. The Labute approximate surface area is 163 Å². The first-order valence-corrected chi connectivity index (χ1v) is 9.12. The average molecular weight is 403 g/mol. The molecule has 0 unspecified atom stereocenters. The van der Waals surface area contributed by atoms with Crippen LogP contribution in [0.5, 0.6) is 0 Å². The summed E-state index contributed by atoms with van der Waals surface area (Å²) in [5, 5.41) is 7.99. The number of fused-ring (bicyclic) bond motifs is 1. The fourth-order valence-corrected chi connectivity index (χ4v) is 3.78. The maximum Gasteiger partial charge on any atom is 0.189 e. The quantitative estimate of drug-likeness (QED) is 0.419. The van der Waals surface area contributed by atoms with Gasteiger partial charge in [-0.05, 0) is 30.3 Å². The van der Waals surface area contributed by atoms with E-state index >= 15 is 0 Å². The lowest BCUT2D eigenvalue weighted by Crippen LogP contribution is -2.05. The third-order valence-corrected chi connectivity index (χ3v) is 4.92. The number of nitrogens with two attached hydrogens (primary N) is 1. The molecule has 2 aromatic carbocycles. The van der Waals surface area contributed by atoms with Gasteiger partial charge in [-0.3, -0.25) is 0 Å². The number of hydrogen-bond donors (Lipinski definition) is 3. The number of hydrogen-bond acceptors (Lipinski definition) is 7. The van der Waals surface area contributed by atoms with Gasteiger partial charge < -0.3 is 16.4 Å². The summed E-state index contributed by atoms with van der Waals surface area (Å²) in [6, 6.07) is 13.0. The molecule has 0 saturated heterocycles. The van der Waals surface area contributed by atoms with Crippen LogP contribution in [0.2, 0.25) is 10.0 Å². The van der Waals surface area contributed by atoms with Gasteiger partial charge in [0.25, 0.3) is 0 Å². The second-order valence-corrected chi connectivity index (χ2v) is 7.28. The van der Waals surface area contributed by atoms with Gasteiger partial charge in [0.2, 0.25) is 0 Å². The fourth-order valence-electron chi connectivity index (χ4n) is 2.38. The van der Waals surface area contributed by atoms with E-state index in [0.29, 0.717) is 38.2 Å². The molecule has 0 aliphatic rings. The Morgan fingerprint density at radius 3 is 2.35 bits per heavy atom. The van der Waals surface area contributed by atoms with Crippen molar-refractivity contribution >= 4 is 72.9 Å². The Balaban J connectivity index is 1.62. The Bertz CT molecular complexity index is 1040. The van der Waals surface area contributed by atoms with E-state index in [4.69, 9.17) is 28.9 Å². The van der Waals surface area contributed by atoms with E-state index in [9.17, 15) is 0 Å². The highest BCUT2D eigenvalue weighted by Crippen LogP contribution is 2.32. The second-order valence-electron chi connectivity index (χ2n) is 5.38. The summed E-state index contributed by atoms with van der Waals surface area (Å²) in [6.45, 7) is 0. The minimum Gasteiger partial charge on any atom is -0.393 e. The highest BCUT2D eigenvalue weighted by atomic mass is 35.5. The van der Waals surface area contributed by atoms with E-state index < -0.39 is 0 Å². The molecule has 0 radical (unpaired) electrons. The summed E-state index contributed by atoms with van der Waals surface area (Å²) >= 11 is 13.6. The number of nitrogens with zero attached hydrogens (tertiary/aromatic N) is 3. The van der Waals surface area contributed by atoms with Crippen molar-refractivity contribution in [1.29, 1.82) is 0 Å². The molecule has 0 bridgehead atoms. The molecular formula is C17H12Cl2N6S. The molecule has 0 aliphatic heterocycles. The van der Waals surface area contributed by atoms with Crippen LogP contribution < -0.4 is 16.4 Å². The average Bonchev–Trinajstić information content (AvgIpc) is 3.00. The number of rotatable bonds is 4. The van der Waals surface area contributed by atoms with Gasteiger partial charge in [-0.2, -0.15) is 0 Å². The SMILES string of the molecule is Nc1c(Nc2cc(Cl)cc(Cl)c2)ncnc1Nc1nc2ccccc2s1. The van der Waals surface area contributed by atoms with Crippen LogP contribution in [0.3, 0.4) is 0 Å². The Hall–Kier alpha value is -2.61. The van der Waals surface area contributed by atoms with Crippen LogP contribution in [0, 0.1) is 0 Å². The van der Waals surface area contributed by atoms with Crippen molar-refractivity contribution in [3.05, 3.63) is 58.8 Å². The molecule has 4 rings (SSSR count). The summed E-state index contributed by atoms with van der Waals surface area (Å²) in [4.78, 5) is 12.9. The van der Waals surface area contributed by atoms with E-state index in [2.05, 4.69) is 25.6 Å². The first kappa shape index (κ1) is 16.8. The van der Waals surface area contributed by atoms with Crippen LogP contribution in [0.25, 0.3) is 10.2 Å². The fraction of sp³-hybridized carbons (Fsp3) is 0. The van der Waals surface area contributed by atoms with Crippen molar-refractivity contribution in [3.63, 3.8) is 0 Å². The van der Waals surface area contributed by atoms with Crippen LogP contribution >= 0.6 is 34.5 Å². The Morgan fingerprint density at radius 2 is 1.62 bits per heavy atom. The second kappa shape index (κ2) is 6.95. The van der Waals surface area contributed by atoms with Crippen LogP contribution in [0.4, 0.5) is 28.1 Å². The molecule has 0 spiro atoms. The molecule has 4 N–H and O–H groups in total. The number of halogens is 2. The van der Waals surface area contributed by atoms with Crippen LogP contribution in [0.15, 0.2) is 48.8 Å². The van der Waals surface area contributed by atoms with E-state index in [1.54, 1.807) is 18.2 Å². The standard InChI is InChI=1S/C17H12Cl2N6S/c18-9-5-10(19)7-11(6-9)23-15-14(20)16(22-8-21-15)25-17-24-12-3-1-2-4-13(12)26-17/h1-8H,20H2,(H2,21,22,23,24,25). The lowest BCUT2D eigenvalue weighted by Gasteiger charge is -2.11. The number of benzene rings is 2. The van der Waals surface area contributed by atoms with E-state index in [-0.39, 0.29) is 0 Å².